The van der Waals surface area contributed by atoms with Crippen LogP contribution in [-0.2, 0) is 26.7 Å². The number of amides is 1. The Kier molecular flexibility index (Phi) is 8.41. The van der Waals surface area contributed by atoms with E-state index in [1.54, 1.807) is 25.3 Å². The van der Waals surface area contributed by atoms with Gasteiger partial charge in [-0.1, -0.05) is 67.8 Å². The summed E-state index contributed by atoms with van der Waals surface area (Å²) in [6.07, 6.45) is 8.92. The molecule has 2 heterocycles. The Balaban J connectivity index is 1.37. The van der Waals surface area contributed by atoms with Gasteiger partial charge in [-0.3, -0.25) is 9.78 Å². The Morgan fingerprint density at radius 1 is 0.911 bits per heavy atom. The minimum atomic E-state index is -4.15. The third-order valence-electron chi connectivity index (χ3n) is 9.32. The lowest BCUT2D eigenvalue weighted by Gasteiger charge is -2.38. The van der Waals surface area contributed by atoms with E-state index in [0.29, 0.717) is 11.9 Å². The minimum absolute atomic E-state index is 0.138. The van der Waals surface area contributed by atoms with Crippen LogP contribution >= 0.6 is 0 Å². The number of benzene rings is 3. The summed E-state index contributed by atoms with van der Waals surface area (Å²) in [5.41, 5.74) is 1.88. The van der Waals surface area contributed by atoms with Crippen molar-refractivity contribution in [3.8, 4) is 0 Å². The van der Waals surface area contributed by atoms with E-state index in [4.69, 9.17) is 0 Å². The highest BCUT2D eigenvalue weighted by Gasteiger charge is 2.42. The van der Waals surface area contributed by atoms with Gasteiger partial charge in [-0.25, -0.2) is 8.42 Å². The standard InChI is InChI=1S/C36H41N5O3S/c1-35(23-26-24-38-30-16-6-5-13-27(26)30,34(42)39-25-36(20-8-4-9-21-36)33-19-7-10-22-37-33)40-45(43,44)32-18-12-14-28-29(32)15-11-17-31(28)41(2)3/h5-7,10-19,22,24,38,40H,4,8-9,20-21,23,25H2,1-3H3,(H,39,42)/t35-/m0/s1. The monoisotopic (exact) mass is 623 g/mol. The largest absolute Gasteiger partial charge is 0.377 e. The number of carbonyl (C=O) groups excluding carboxylic acids is 1. The number of nitrogens with one attached hydrogen (secondary N) is 3. The second-order valence-corrected chi connectivity index (χ2v) is 14.4. The van der Waals surface area contributed by atoms with E-state index >= 15 is 0 Å². The topological polar surface area (TPSA) is 107 Å². The van der Waals surface area contributed by atoms with Crippen LogP contribution in [0.3, 0.4) is 0 Å². The van der Waals surface area contributed by atoms with Crippen molar-refractivity contribution in [3.05, 3.63) is 103 Å². The molecule has 1 saturated carbocycles. The molecule has 9 heteroatoms. The van der Waals surface area contributed by atoms with E-state index in [2.05, 4.69) is 20.0 Å². The first-order valence-electron chi connectivity index (χ1n) is 15.6. The molecule has 2 aromatic heterocycles. The van der Waals surface area contributed by atoms with Crippen LogP contribution in [0.1, 0.15) is 50.3 Å². The lowest BCUT2D eigenvalue weighted by atomic mass is 9.71. The Labute approximate surface area is 265 Å². The number of H-pyrrole nitrogens is 1. The van der Waals surface area contributed by atoms with Gasteiger partial charge < -0.3 is 15.2 Å². The third-order valence-corrected chi connectivity index (χ3v) is 11.0. The van der Waals surface area contributed by atoms with Crippen LogP contribution in [0.25, 0.3) is 21.7 Å². The van der Waals surface area contributed by atoms with E-state index in [1.807, 2.05) is 91.9 Å². The molecule has 3 N–H and O–H groups in total. The van der Waals surface area contributed by atoms with Gasteiger partial charge in [0, 0.05) is 77.9 Å². The molecule has 0 unspecified atom stereocenters. The first-order valence-corrected chi connectivity index (χ1v) is 17.1. The molecule has 8 nitrogen and oxygen atoms in total. The van der Waals surface area contributed by atoms with Gasteiger partial charge in [-0.15, -0.1) is 0 Å². The Morgan fingerprint density at radius 3 is 2.38 bits per heavy atom. The van der Waals surface area contributed by atoms with Crippen molar-refractivity contribution >= 4 is 43.3 Å². The maximum atomic E-state index is 14.4. The van der Waals surface area contributed by atoms with Crippen LogP contribution < -0.4 is 14.9 Å². The lowest BCUT2D eigenvalue weighted by Crippen LogP contribution is -2.59. The number of para-hydroxylation sites is 1. The summed E-state index contributed by atoms with van der Waals surface area (Å²) in [5.74, 6) is -0.369. The van der Waals surface area contributed by atoms with Crippen molar-refractivity contribution < 1.29 is 13.2 Å². The van der Waals surface area contributed by atoms with E-state index < -0.39 is 15.6 Å². The summed E-state index contributed by atoms with van der Waals surface area (Å²) in [6.45, 7) is 2.07. The number of aromatic amines is 1. The van der Waals surface area contributed by atoms with Crippen molar-refractivity contribution in [1.29, 1.82) is 0 Å². The predicted octanol–water partition coefficient (Wildman–Crippen LogP) is 6.08. The number of carbonyl (C=O) groups is 1. The van der Waals surface area contributed by atoms with E-state index in [-0.39, 0.29) is 22.6 Å². The number of fused-ring (bicyclic) bond motifs is 2. The van der Waals surface area contributed by atoms with Gasteiger partial charge in [-0.2, -0.15) is 4.72 Å². The average molecular weight is 624 g/mol. The highest BCUT2D eigenvalue weighted by atomic mass is 32.2. The molecule has 0 saturated heterocycles. The molecule has 6 rings (SSSR count). The van der Waals surface area contributed by atoms with Crippen molar-refractivity contribution in [3.63, 3.8) is 0 Å². The van der Waals surface area contributed by atoms with E-state index in [0.717, 1.165) is 65.3 Å². The molecule has 0 bridgehead atoms. The first-order chi connectivity index (χ1) is 21.6. The van der Waals surface area contributed by atoms with Gasteiger partial charge in [0.25, 0.3) is 0 Å². The second kappa shape index (κ2) is 12.3. The molecule has 1 atom stereocenters. The highest BCUT2D eigenvalue weighted by Crippen LogP contribution is 2.38. The molecule has 1 amide bonds. The van der Waals surface area contributed by atoms with E-state index in [9.17, 15) is 13.2 Å². The molecule has 45 heavy (non-hydrogen) atoms. The van der Waals surface area contributed by atoms with Gasteiger partial charge in [-0.05, 0) is 55.7 Å². The number of sulfonamides is 1. The predicted molar refractivity (Wildman–Crippen MR) is 181 cm³/mol. The highest BCUT2D eigenvalue weighted by molar-refractivity contribution is 7.89. The molecular weight excluding hydrogens is 582 g/mol. The fourth-order valence-corrected chi connectivity index (χ4v) is 8.53. The van der Waals surface area contributed by atoms with Gasteiger partial charge in [0.2, 0.25) is 15.9 Å². The molecule has 3 aromatic carbocycles. The molecule has 0 aliphatic heterocycles. The van der Waals surface area contributed by atoms with Crippen molar-refractivity contribution in [2.45, 2.75) is 61.3 Å². The molecule has 234 valence electrons. The smallest absolute Gasteiger partial charge is 0.242 e. The van der Waals surface area contributed by atoms with Crippen LogP contribution in [-0.4, -0.2) is 50.5 Å². The number of hydrogen-bond donors (Lipinski definition) is 3. The summed E-state index contributed by atoms with van der Waals surface area (Å²) in [5, 5.41) is 5.58. The average Bonchev–Trinajstić information content (AvgIpc) is 3.45. The molecule has 0 spiro atoms. The fraction of sp³-hybridized carbons (Fsp3) is 0.333. The SMILES string of the molecule is CN(C)c1cccc2c(S(=O)(=O)N[C@@](C)(Cc3c[nH]c4ccccc34)C(=O)NCC3(c4ccccn4)CCCCC3)cccc12. The molecule has 1 aliphatic carbocycles. The summed E-state index contributed by atoms with van der Waals surface area (Å²) in [6, 6.07) is 24.7. The van der Waals surface area contributed by atoms with Gasteiger partial charge >= 0.3 is 0 Å². The zero-order chi connectivity index (χ0) is 31.7. The summed E-state index contributed by atoms with van der Waals surface area (Å²) >= 11 is 0. The lowest BCUT2D eigenvalue weighted by molar-refractivity contribution is -0.126. The maximum Gasteiger partial charge on any atom is 0.242 e. The van der Waals surface area contributed by atoms with Crippen molar-refractivity contribution in [2.24, 2.45) is 0 Å². The Bertz CT molecular complexity index is 1930. The minimum Gasteiger partial charge on any atom is -0.377 e. The summed E-state index contributed by atoms with van der Waals surface area (Å²) < 4.78 is 31.5. The van der Waals surface area contributed by atoms with E-state index in [1.165, 1.54) is 0 Å². The van der Waals surface area contributed by atoms with Crippen LogP contribution in [0.4, 0.5) is 5.69 Å². The number of aromatic nitrogens is 2. The zero-order valence-electron chi connectivity index (χ0n) is 26.1. The molecule has 1 fully saturated rings. The second-order valence-electron chi connectivity index (χ2n) is 12.7. The number of anilines is 1. The van der Waals surface area contributed by atoms with Crippen molar-refractivity contribution in [2.75, 3.05) is 25.5 Å². The molecule has 5 aromatic rings. The Morgan fingerprint density at radius 2 is 1.62 bits per heavy atom. The summed E-state index contributed by atoms with van der Waals surface area (Å²) in [4.78, 5) is 24.4. The third kappa shape index (κ3) is 6.07. The van der Waals surface area contributed by atoms with Crippen LogP contribution in [0.5, 0.6) is 0 Å². The fourth-order valence-electron chi connectivity index (χ4n) is 6.93. The zero-order valence-corrected chi connectivity index (χ0v) is 27.0. The molecule has 0 radical (unpaired) electrons. The van der Waals surface area contributed by atoms with Gasteiger partial charge in [0.1, 0.15) is 5.54 Å². The number of hydrogen-bond acceptors (Lipinski definition) is 5. The van der Waals surface area contributed by atoms with Crippen LogP contribution in [0.2, 0.25) is 0 Å². The number of nitrogens with zero attached hydrogens (tertiary/aromatic N) is 2. The Hall–Kier alpha value is -4.21. The maximum absolute atomic E-state index is 14.4. The normalized spacial score (nSPS) is 16.3. The van der Waals surface area contributed by atoms with Crippen LogP contribution in [0, 0.1) is 0 Å². The number of rotatable bonds is 10. The molecular formula is C36H41N5O3S. The molecule has 1 aliphatic rings. The summed E-state index contributed by atoms with van der Waals surface area (Å²) in [7, 11) is -0.288. The van der Waals surface area contributed by atoms with Crippen LogP contribution in [0.15, 0.2) is 96.2 Å². The van der Waals surface area contributed by atoms with Crippen molar-refractivity contribution in [1.82, 2.24) is 20.0 Å². The number of pyridine rings is 1. The first kappa shape index (κ1) is 30.8. The quantitative estimate of drug-likeness (QED) is 0.175. The van der Waals surface area contributed by atoms with Gasteiger partial charge in [0.05, 0.1) is 4.90 Å². The van der Waals surface area contributed by atoms with Gasteiger partial charge in [0.15, 0.2) is 0 Å².